The lowest BCUT2D eigenvalue weighted by molar-refractivity contribution is 0.0303. The quantitative estimate of drug-likeness (QED) is 0.370. The van der Waals surface area contributed by atoms with Crippen LogP contribution in [-0.4, -0.2) is 74.3 Å². The summed E-state index contributed by atoms with van der Waals surface area (Å²) < 4.78 is 10.5. The number of morpholine rings is 1. The molecule has 0 saturated carbocycles. The van der Waals surface area contributed by atoms with Crippen LogP contribution in [0.3, 0.4) is 0 Å². The first kappa shape index (κ1) is 25.2. The Morgan fingerprint density at radius 1 is 1.11 bits per heavy atom. The van der Waals surface area contributed by atoms with Crippen molar-refractivity contribution in [3.05, 3.63) is 70.2 Å². The first-order valence-corrected chi connectivity index (χ1v) is 13.3. The molecule has 9 nitrogen and oxygen atoms in total. The second-order valence-electron chi connectivity index (χ2n) is 9.09. The number of carbonyl (C=O) groups excluding carboxylic acids is 2. The minimum absolute atomic E-state index is 0.0796. The number of rotatable bonds is 9. The predicted octanol–water partition coefficient (Wildman–Crippen LogP) is 3.51. The van der Waals surface area contributed by atoms with Crippen molar-refractivity contribution in [2.45, 2.75) is 18.9 Å². The van der Waals surface area contributed by atoms with Gasteiger partial charge in [0.05, 0.1) is 37.4 Å². The van der Waals surface area contributed by atoms with Gasteiger partial charge in [-0.1, -0.05) is 35.6 Å². The lowest BCUT2D eigenvalue weighted by Crippen LogP contribution is -2.40. The fourth-order valence-corrected chi connectivity index (χ4v) is 5.43. The van der Waals surface area contributed by atoms with Crippen LogP contribution in [0, 0.1) is 0 Å². The van der Waals surface area contributed by atoms with Crippen LogP contribution in [0.25, 0.3) is 0 Å². The number of thiazole rings is 1. The van der Waals surface area contributed by atoms with Crippen molar-refractivity contribution in [3.8, 4) is 0 Å². The van der Waals surface area contributed by atoms with Crippen molar-refractivity contribution >= 4 is 39.7 Å². The molecule has 3 aromatic rings. The molecule has 0 bridgehead atoms. The number of nitrogens with zero attached hydrogens (tertiary/aromatic N) is 2. The van der Waals surface area contributed by atoms with Gasteiger partial charge in [0, 0.05) is 38.3 Å². The van der Waals surface area contributed by atoms with Gasteiger partial charge in [0.1, 0.15) is 4.88 Å². The molecular weight excluding hydrogens is 490 g/mol. The van der Waals surface area contributed by atoms with Crippen molar-refractivity contribution in [1.82, 2.24) is 9.88 Å². The zero-order valence-electron chi connectivity index (χ0n) is 20.8. The molecule has 1 aliphatic carbocycles. The van der Waals surface area contributed by atoms with Gasteiger partial charge in [0.2, 0.25) is 0 Å². The average molecular weight is 522 g/mol. The number of fused-ring (bicyclic) bond motifs is 1. The Labute approximate surface area is 220 Å². The molecule has 2 aliphatic rings. The number of hydrogen-bond acceptors (Lipinski definition) is 8. The summed E-state index contributed by atoms with van der Waals surface area (Å²) in [5.41, 5.74) is 4.48. The molecule has 194 valence electrons. The minimum atomic E-state index is -0.272. The molecule has 1 aliphatic heterocycles. The van der Waals surface area contributed by atoms with E-state index in [0.717, 1.165) is 23.7 Å². The Morgan fingerprint density at radius 3 is 2.59 bits per heavy atom. The third-order valence-electron chi connectivity index (χ3n) is 6.54. The molecule has 2 aromatic carbocycles. The van der Waals surface area contributed by atoms with E-state index in [9.17, 15) is 9.59 Å². The minimum Gasteiger partial charge on any atom is -0.383 e. The van der Waals surface area contributed by atoms with Crippen molar-refractivity contribution in [3.63, 3.8) is 0 Å². The van der Waals surface area contributed by atoms with E-state index in [2.05, 4.69) is 45.2 Å². The van der Waals surface area contributed by atoms with E-state index < -0.39 is 0 Å². The van der Waals surface area contributed by atoms with E-state index in [-0.39, 0.29) is 17.9 Å². The fraction of sp³-hybridized carbons (Fsp3) is 0.370. The molecule has 2 heterocycles. The number of amides is 2. The van der Waals surface area contributed by atoms with Gasteiger partial charge >= 0.3 is 0 Å². The van der Waals surface area contributed by atoms with E-state index in [1.165, 1.54) is 22.5 Å². The maximum atomic E-state index is 13.2. The zero-order chi connectivity index (χ0) is 25.6. The molecule has 37 heavy (non-hydrogen) atoms. The van der Waals surface area contributed by atoms with Crippen LogP contribution < -0.4 is 16.0 Å². The fourth-order valence-electron chi connectivity index (χ4n) is 4.64. The molecule has 0 spiro atoms. The zero-order valence-corrected chi connectivity index (χ0v) is 21.6. The Hall–Kier alpha value is -3.47. The topological polar surface area (TPSA) is 105 Å². The second-order valence-corrected chi connectivity index (χ2v) is 10.1. The summed E-state index contributed by atoms with van der Waals surface area (Å²) in [5.74, 6) is -0.352. The molecule has 5 rings (SSSR count). The molecule has 0 atom stereocenters. The lowest BCUT2D eigenvalue weighted by Gasteiger charge is -2.27. The Morgan fingerprint density at radius 2 is 1.86 bits per heavy atom. The van der Waals surface area contributed by atoms with E-state index in [1.807, 2.05) is 6.07 Å². The van der Waals surface area contributed by atoms with Gasteiger partial charge in [-0.15, -0.1) is 0 Å². The van der Waals surface area contributed by atoms with Crippen LogP contribution in [0.5, 0.6) is 0 Å². The highest BCUT2D eigenvalue weighted by atomic mass is 32.1. The third-order valence-corrected chi connectivity index (χ3v) is 7.47. The van der Waals surface area contributed by atoms with E-state index >= 15 is 0 Å². The van der Waals surface area contributed by atoms with Gasteiger partial charge in [0.25, 0.3) is 11.8 Å². The largest absolute Gasteiger partial charge is 0.383 e. The highest BCUT2D eigenvalue weighted by Gasteiger charge is 2.23. The summed E-state index contributed by atoms with van der Waals surface area (Å²) in [6.07, 6.45) is 3.47. The van der Waals surface area contributed by atoms with Crippen LogP contribution in [0.15, 0.2) is 48.7 Å². The van der Waals surface area contributed by atoms with Gasteiger partial charge in [-0.2, -0.15) is 0 Å². The molecular formula is C27H31N5O4S. The molecule has 2 amide bonds. The number of anilines is 3. The second kappa shape index (κ2) is 11.7. The molecule has 0 unspecified atom stereocenters. The van der Waals surface area contributed by atoms with Crippen molar-refractivity contribution in [2.75, 3.05) is 62.5 Å². The van der Waals surface area contributed by atoms with Crippen LogP contribution in [-0.2, 0) is 22.3 Å². The maximum Gasteiger partial charge on any atom is 0.267 e. The number of carbonyl (C=O) groups is 2. The van der Waals surface area contributed by atoms with Crippen LogP contribution in [0.2, 0.25) is 0 Å². The summed E-state index contributed by atoms with van der Waals surface area (Å²) in [5, 5.41) is 10.4. The molecule has 1 saturated heterocycles. The monoisotopic (exact) mass is 521 g/mol. The van der Waals surface area contributed by atoms with Crippen molar-refractivity contribution < 1.29 is 19.1 Å². The number of hydrogen-bond donors (Lipinski definition) is 3. The van der Waals surface area contributed by atoms with Crippen molar-refractivity contribution in [1.29, 1.82) is 0 Å². The molecule has 0 radical (unpaired) electrons. The number of ether oxygens (including phenoxy) is 2. The van der Waals surface area contributed by atoms with Crippen LogP contribution in [0.1, 0.15) is 31.2 Å². The Kier molecular flexibility index (Phi) is 7.98. The first-order chi connectivity index (χ1) is 18.1. The number of nitrogens with one attached hydrogen (secondary N) is 3. The smallest absolute Gasteiger partial charge is 0.267 e. The lowest BCUT2D eigenvalue weighted by atomic mass is 10.1. The van der Waals surface area contributed by atoms with Crippen LogP contribution >= 0.6 is 11.3 Å². The molecule has 10 heteroatoms. The number of aromatic nitrogens is 1. The summed E-state index contributed by atoms with van der Waals surface area (Å²) in [6, 6.07) is 14.0. The van der Waals surface area contributed by atoms with Gasteiger partial charge in [-0.25, -0.2) is 4.98 Å². The summed E-state index contributed by atoms with van der Waals surface area (Å²) in [7, 11) is 1.63. The van der Waals surface area contributed by atoms with E-state index in [4.69, 9.17) is 9.47 Å². The van der Waals surface area contributed by atoms with Gasteiger partial charge in [-0.05, 0) is 42.2 Å². The van der Waals surface area contributed by atoms with E-state index in [0.29, 0.717) is 55.6 Å². The Bertz CT molecular complexity index is 1230. The molecule has 1 fully saturated rings. The SMILES string of the molecule is COCCNc1ccc(C(=O)N2CCOCC2)cc1NC(=O)c1cnc(NC2Cc3ccccc3C2)s1. The molecule has 3 N–H and O–H groups in total. The summed E-state index contributed by atoms with van der Waals surface area (Å²) >= 11 is 1.32. The van der Waals surface area contributed by atoms with Gasteiger partial charge < -0.3 is 30.3 Å². The standard InChI is InChI=1S/C27H31N5O4S/c1-35-11-8-28-22-7-6-20(26(34)32-9-12-36-13-10-32)16-23(22)31-25(33)24-17-29-27(37-24)30-21-14-18-4-2-3-5-19(18)15-21/h2-7,16-17,21,28H,8-15H2,1H3,(H,29,30)(H,31,33). The molecule has 1 aromatic heterocycles. The summed E-state index contributed by atoms with van der Waals surface area (Å²) in [6.45, 7) is 3.24. The number of benzene rings is 2. The van der Waals surface area contributed by atoms with E-state index in [1.54, 1.807) is 30.3 Å². The highest BCUT2D eigenvalue weighted by molar-refractivity contribution is 7.17. The normalized spacial score (nSPS) is 15.3. The highest BCUT2D eigenvalue weighted by Crippen LogP contribution is 2.29. The third kappa shape index (κ3) is 6.10. The van der Waals surface area contributed by atoms with Crippen molar-refractivity contribution in [2.24, 2.45) is 0 Å². The Balaban J connectivity index is 1.28. The van der Waals surface area contributed by atoms with Gasteiger partial charge in [-0.3, -0.25) is 9.59 Å². The number of methoxy groups -OCH3 is 1. The summed E-state index contributed by atoms with van der Waals surface area (Å²) in [4.78, 5) is 32.9. The van der Waals surface area contributed by atoms with Gasteiger partial charge in [0.15, 0.2) is 5.13 Å². The van der Waals surface area contributed by atoms with Crippen LogP contribution in [0.4, 0.5) is 16.5 Å². The predicted molar refractivity (Wildman–Crippen MR) is 145 cm³/mol. The average Bonchev–Trinajstić information content (AvgIpc) is 3.56. The maximum absolute atomic E-state index is 13.2. The first-order valence-electron chi connectivity index (χ1n) is 12.4.